The Labute approximate surface area is 174 Å². The number of hydrogen-bond donors (Lipinski definition) is 2. The van der Waals surface area contributed by atoms with Gasteiger partial charge in [0.15, 0.2) is 0 Å². The summed E-state index contributed by atoms with van der Waals surface area (Å²) in [7, 11) is -2.63. The fourth-order valence-corrected chi connectivity index (χ4v) is 6.56. The van der Waals surface area contributed by atoms with E-state index in [0.29, 0.717) is 4.88 Å². The van der Waals surface area contributed by atoms with Crippen molar-refractivity contribution >= 4 is 50.6 Å². The number of halogens is 2. The second-order valence-electron chi connectivity index (χ2n) is 6.45. The van der Waals surface area contributed by atoms with Crippen molar-refractivity contribution < 1.29 is 22.3 Å². The van der Waals surface area contributed by atoms with Crippen LogP contribution in [0, 0.1) is 5.95 Å². The zero-order valence-corrected chi connectivity index (χ0v) is 17.3. The molecule has 1 saturated heterocycles. The highest BCUT2D eigenvalue weighted by Gasteiger charge is 2.59. The lowest BCUT2D eigenvalue weighted by Crippen LogP contribution is -2.55. The molecule has 0 radical (unpaired) electrons. The number of nitrogens with one attached hydrogen (secondary N) is 1. The predicted octanol–water partition coefficient (Wildman–Crippen LogP) is 1.72. The zero-order valence-electron chi connectivity index (χ0n) is 14.9. The molecule has 2 unspecified atom stereocenters. The number of hydrogen-bond acceptors (Lipinski definition) is 8. The average molecular weight is 460 g/mol. The van der Waals surface area contributed by atoms with Gasteiger partial charge in [0.1, 0.15) is 11.4 Å². The van der Waals surface area contributed by atoms with E-state index in [4.69, 9.17) is 22.1 Å². The molecule has 4 rings (SSSR count). The van der Waals surface area contributed by atoms with Crippen molar-refractivity contribution in [1.82, 2.24) is 9.29 Å². The van der Waals surface area contributed by atoms with E-state index in [-0.39, 0.29) is 34.7 Å². The Balaban J connectivity index is 1.73. The molecular formula is C16H15ClFN5O4S2. The van der Waals surface area contributed by atoms with Crippen LogP contribution in [0.3, 0.4) is 0 Å². The Morgan fingerprint density at radius 1 is 1.52 bits per heavy atom. The van der Waals surface area contributed by atoms with Crippen LogP contribution in [0.15, 0.2) is 29.3 Å². The highest BCUT2D eigenvalue weighted by molar-refractivity contribution is 7.90. The van der Waals surface area contributed by atoms with Gasteiger partial charge < -0.3 is 15.8 Å². The van der Waals surface area contributed by atoms with Crippen LogP contribution in [0.5, 0.6) is 0 Å². The van der Waals surface area contributed by atoms with Gasteiger partial charge in [-0.1, -0.05) is 17.7 Å². The molecule has 2 aliphatic rings. The van der Waals surface area contributed by atoms with E-state index in [1.165, 1.54) is 25.2 Å². The minimum absolute atomic E-state index is 0.0328. The minimum atomic E-state index is -3.92. The monoisotopic (exact) mass is 459 g/mol. The summed E-state index contributed by atoms with van der Waals surface area (Å²) in [6.07, 6.45) is 0.234. The third-order valence-corrected chi connectivity index (χ3v) is 8.42. The first-order valence-electron chi connectivity index (χ1n) is 8.33. The Hall–Kier alpha value is -2.28. The maximum absolute atomic E-state index is 13.2. The molecule has 2 aromatic rings. The maximum atomic E-state index is 13.2. The molecule has 1 fully saturated rings. The van der Waals surface area contributed by atoms with Gasteiger partial charge in [0.2, 0.25) is 17.3 Å². The number of guanidine groups is 1. The van der Waals surface area contributed by atoms with Gasteiger partial charge >= 0.3 is 0 Å². The summed E-state index contributed by atoms with van der Waals surface area (Å²) >= 11 is 7.35. The number of nitrogens with two attached hydrogens (primary N) is 1. The number of aromatic nitrogens is 1. The predicted molar refractivity (Wildman–Crippen MR) is 106 cm³/mol. The molecule has 154 valence electrons. The molecule has 2 aromatic heterocycles. The third kappa shape index (κ3) is 3.16. The van der Waals surface area contributed by atoms with Gasteiger partial charge in [0.05, 0.1) is 21.4 Å². The smallest absolute Gasteiger partial charge is 0.267 e. The first-order chi connectivity index (χ1) is 13.6. The van der Waals surface area contributed by atoms with Crippen LogP contribution in [0.1, 0.15) is 21.0 Å². The van der Waals surface area contributed by atoms with E-state index < -0.39 is 32.9 Å². The van der Waals surface area contributed by atoms with Gasteiger partial charge in [0.25, 0.3) is 15.9 Å². The van der Waals surface area contributed by atoms with Crippen LogP contribution >= 0.6 is 22.9 Å². The van der Waals surface area contributed by atoms with Crippen LogP contribution < -0.4 is 11.1 Å². The topological polar surface area (TPSA) is 127 Å². The molecule has 0 bridgehead atoms. The zero-order chi connectivity index (χ0) is 21.0. The highest BCUT2D eigenvalue weighted by Crippen LogP contribution is 2.50. The Morgan fingerprint density at radius 3 is 3.00 bits per heavy atom. The van der Waals surface area contributed by atoms with Gasteiger partial charge in [-0.3, -0.25) is 4.79 Å². The fourth-order valence-electron chi connectivity index (χ4n) is 3.27. The standard InChI is InChI=1S/C16H15ClFN5O4S2/c1-23-15(19)22-16(5-6-27-14(16)29(23,25)26)12-8(17)7-9(28-12)13(24)21-11-4-2-3-10(18)20-11/h2-4,7,14H,5-6H2,1H3,(H2,19,22)(H,20,21,24). The number of nitrogens with zero attached hydrogens (tertiary/aromatic N) is 3. The molecule has 2 atom stereocenters. The van der Waals surface area contributed by atoms with Crippen LogP contribution in [0.2, 0.25) is 5.02 Å². The second-order valence-corrected chi connectivity index (χ2v) is 9.91. The maximum Gasteiger partial charge on any atom is 0.267 e. The number of rotatable bonds is 3. The van der Waals surface area contributed by atoms with Gasteiger partial charge in [-0.25, -0.2) is 22.7 Å². The van der Waals surface area contributed by atoms with Gasteiger partial charge in [-0.05, 0) is 18.2 Å². The van der Waals surface area contributed by atoms with Crippen molar-refractivity contribution in [2.45, 2.75) is 17.4 Å². The fraction of sp³-hybridized carbons (Fsp3) is 0.312. The Bertz CT molecular complexity index is 1140. The van der Waals surface area contributed by atoms with Crippen molar-refractivity contribution in [1.29, 1.82) is 0 Å². The first kappa shape index (κ1) is 20.0. The van der Waals surface area contributed by atoms with Gasteiger partial charge in [-0.15, -0.1) is 11.3 Å². The molecule has 0 aromatic carbocycles. The van der Waals surface area contributed by atoms with Crippen molar-refractivity contribution in [2.24, 2.45) is 10.7 Å². The lowest BCUT2D eigenvalue weighted by molar-refractivity contribution is 0.103. The molecule has 3 N–H and O–H groups in total. The summed E-state index contributed by atoms with van der Waals surface area (Å²) in [5.41, 5.74) is 3.20. The number of aliphatic imine (C=N–C) groups is 1. The Morgan fingerprint density at radius 2 is 2.28 bits per heavy atom. The van der Waals surface area contributed by atoms with E-state index in [2.05, 4.69) is 15.3 Å². The van der Waals surface area contributed by atoms with Crippen LogP contribution in [-0.4, -0.2) is 48.7 Å². The molecule has 2 aliphatic heterocycles. The van der Waals surface area contributed by atoms with Crippen molar-refractivity contribution in [3.63, 3.8) is 0 Å². The molecule has 9 nitrogen and oxygen atoms in total. The molecule has 0 aliphatic carbocycles. The van der Waals surface area contributed by atoms with Gasteiger partial charge in [-0.2, -0.15) is 4.39 Å². The highest BCUT2D eigenvalue weighted by atomic mass is 35.5. The molecule has 13 heteroatoms. The number of anilines is 1. The summed E-state index contributed by atoms with van der Waals surface area (Å²) < 4.78 is 45.2. The largest absolute Gasteiger partial charge is 0.369 e. The first-order valence-corrected chi connectivity index (χ1v) is 11.0. The number of pyridine rings is 1. The number of thiophene rings is 1. The molecule has 0 spiro atoms. The lowest BCUT2D eigenvalue weighted by Gasteiger charge is -2.37. The van der Waals surface area contributed by atoms with Crippen LogP contribution in [0.25, 0.3) is 0 Å². The minimum Gasteiger partial charge on any atom is -0.369 e. The lowest BCUT2D eigenvalue weighted by atomic mass is 9.97. The van der Waals surface area contributed by atoms with Crippen molar-refractivity contribution in [3.05, 3.63) is 45.0 Å². The number of carbonyl (C=O) groups is 1. The van der Waals surface area contributed by atoms with Gasteiger partial charge in [0, 0.05) is 13.5 Å². The molecular weight excluding hydrogens is 445 g/mol. The molecule has 29 heavy (non-hydrogen) atoms. The van der Waals surface area contributed by atoms with E-state index in [0.717, 1.165) is 21.7 Å². The number of ether oxygens (including phenoxy) is 1. The number of amides is 1. The summed E-state index contributed by atoms with van der Waals surface area (Å²) in [4.78, 5) is 21.1. The van der Waals surface area contributed by atoms with E-state index in [9.17, 15) is 17.6 Å². The average Bonchev–Trinajstić information content (AvgIpc) is 3.25. The van der Waals surface area contributed by atoms with Crippen LogP contribution in [-0.2, 0) is 20.3 Å². The number of fused-ring (bicyclic) bond motifs is 1. The summed E-state index contributed by atoms with van der Waals surface area (Å²) in [5, 5.41) is 2.64. The summed E-state index contributed by atoms with van der Waals surface area (Å²) in [5.74, 6) is -1.46. The molecule has 0 saturated carbocycles. The number of sulfonamides is 1. The Kier molecular flexibility index (Phi) is 4.76. The van der Waals surface area contributed by atoms with E-state index >= 15 is 0 Å². The van der Waals surface area contributed by atoms with E-state index in [1.807, 2.05) is 0 Å². The van der Waals surface area contributed by atoms with Crippen molar-refractivity contribution in [3.8, 4) is 0 Å². The van der Waals surface area contributed by atoms with Crippen LogP contribution in [0.4, 0.5) is 10.2 Å². The third-order valence-electron chi connectivity index (χ3n) is 4.69. The molecule has 4 heterocycles. The summed E-state index contributed by atoms with van der Waals surface area (Å²) in [6.45, 7) is 0.136. The normalized spacial score (nSPS) is 25.4. The second kappa shape index (κ2) is 6.90. The summed E-state index contributed by atoms with van der Waals surface area (Å²) in [6, 6.07) is 5.39. The quantitative estimate of drug-likeness (QED) is 0.673. The molecule has 1 amide bonds. The number of carbonyl (C=O) groups excluding carboxylic acids is 1. The SMILES string of the molecule is CN1C(N)=NC2(c3sc(C(=O)Nc4cccc(F)n4)cc3Cl)CCOC2S1(=O)=O. The van der Waals surface area contributed by atoms with E-state index in [1.54, 1.807) is 0 Å². The van der Waals surface area contributed by atoms with Crippen molar-refractivity contribution in [2.75, 3.05) is 19.0 Å².